The summed E-state index contributed by atoms with van der Waals surface area (Å²) in [5.74, 6) is 1.46. The summed E-state index contributed by atoms with van der Waals surface area (Å²) < 4.78 is 11.5. The molecule has 0 saturated heterocycles. The number of hydrogen-bond acceptors (Lipinski definition) is 3. The maximum atomic E-state index is 6.86. The van der Waals surface area contributed by atoms with Gasteiger partial charge < -0.3 is 4.74 Å². The number of nitrogens with zero attached hydrogens (tertiary/aromatic N) is 4. The van der Waals surface area contributed by atoms with Gasteiger partial charge in [0.25, 0.3) is 0 Å². The minimum Gasteiger partial charge on any atom is -0.457 e. The Hall–Kier alpha value is -8.02. The Kier molecular flexibility index (Phi) is 7.47. The standard InChI is InChI=1S/C54H34N4O/c1-5-17-35(18-6-1)49-51(37-21-9-3-10-22-37)57-47-27-15-13-25-43(47)41-31-29-39(33-45(41)53(57)55-49)59-40-30-32-42-44-26-14-16-28-48(44)58-52(38-23-11-4-12-24-38)50(36-19-7-2-8-20-36)56-54(58)46(42)34-40/h1-34H. The summed E-state index contributed by atoms with van der Waals surface area (Å²) in [6.45, 7) is 0. The zero-order valence-corrected chi connectivity index (χ0v) is 31.8. The fourth-order valence-electron chi connectivity index (χ4n) is 8.93. The van der Waals surface area contributed by atoms with E-state index < -0.39 is 0 Å². The molecule has 0 saturated carbocycles. The Morgan fingerprint density at radius 2 is 0.661 bits per heavy atom. The summed E-state index contributed by atoms with van der Waals surface area (Å²) in [7, 11) is 0. The van der Waals surface area contributed by atoms with Gasteiger partial charge in [-0.15, -0.1) is 0 Å². The Labute approximate surface area is 339 Å². The van der Waals surface area contributed by atoms with E-state index in [1.807, 2.05) is 12.1 Å². The van der Waals surface area contributed by atoms with Gasteiger partial charge in [-0.2, -0.15) is 0 Å². The third-order valence-electron chi connectivity index (χ3n) is 11.5. The third-order valence-corrected chi connectivity index (χ3v) is 11.5. The molecule has 12 aromatic rings. The van der Waals surface area contributed by atoms with Crippen molar-refractivity contribution in [3.05, 3.63) is 206 Å². The van der Waals surface area contributed by atoms with Crippen LogP contribution >= 0.6 is 0 Å². The maximum Gasteiger partial charge on any atom is 0.146 e. The lowest BCUT2D eigenvalue weighted by atomic mass is 10.0. The van der Waals surface area contributed by atoms with Crippen LogP contribution in [-0.2, 0) is 0 Å². The fraction of sp³-hybridized carbons (Fsp3) is 0. The van der Waals surface area contributed by atoms with Crippen molar-refractivity contribution in [2.75, 3.05) is 0 Å². The van der Waals surface area contributed by atoms with Gasteiger partial charge in [-0.25, -0.2) is 9.97 Å². The highest BCUT2D eigenvalue weighted by Crippen LogP contribution is 2.43. The van der Waals surface area contributed by atoms with Crippen LogP contribution in [0.25, 0.3) is 99.7 Å². The highest BCUT2D eigenvalue weighted by Gasteiger charge is 2.23. The minimum atomic E-state index is 0.731. The highest BCUT2D eigenvalue weighted by atomic mass is 16.5. The van der Waals surface area contributed by atoms with Crippen LogP contribution in [-0.4, -0.2) is 18.8 Å². The van der Waals surface area contributed by atoms with E-state index in [1.165, 1.54) is 0 Å². The van der Waals surface area contributed by atoms with Gasteiger partial charge in [0.05, 0.1) is 33.8 Å². The van der Waals surface area contributed by atoms with Gasteiger partial charge in [0.2, 0.25) is 0 Å². The Morgan fingerprint density at radius 1 is 0.305 bits per heavy atom. The molecule has 0 aliphatic heterocycles. The molecule has 0 atom stereocenters. The lowest BCUT2D eigenvalue weighted by molar-refractivity contribution is 0.484. The molecule has 4 heterocycles. The van der Waals surface area contributed by atoms with E-state index in [4.69, 9.17) is 14.7 Å². The Morgan fingerprint density at radius 3 is 1.07 bits per heavy atom. The topological polar surface area (TPSA) is 43.8 Å². The van der Waals surface area contributed by atoms with Crippen LogP contribution in [0.4, 0.5) is 0 Å². The van der Waals surface area contributed by atoms with E-state index in [1.54, 1.807) is 0 Å². The van der Waals surface area contributed by atoms with Crippen molar-refractivity contribution in [3.63, 3.8) is 0 Å². The smallest absolute Gasteiger partial charge is 0.146 e. The SMILES string of the molecule is c1ccc(-c2nc3c4cc(Oc5ccc6c7ccccc7n7c(-c8ccccc8)c(-c8ccccc8)nc7c6c5)ccc4c4ccccc4n3c2-c2ccccc2)cc1. The predicted octanol–water partition coefficient (Wildman–Crippen LogP) is 14.1. The molecular formula is C54H34N4O. The summed E-state index contributed by atoms with van der Waals surface area (Å²) in [4.78, 5) is 10.9. The van der Waals surface area contributed by atoms with Gasteiger partial charge in [-0.05, 0) is 59.3 Å². The van der Waals surface area contributed by atoms with E-state index in [9.17, 15) is 0 Å². The average molecular weight is 755 g/mol. The summed E-state index contributed by atoms with van der Waals surface area (Å²) in [5.41, 5.74) is 12.3. The second kappa shape index (κ2) is 13.3. The predicted molar refractivity (Wildman–Crippen MR) is 242 cm³/mol. The first-order valence-electron chi connectivity index (χ1n) is 19.9. The molecule has 0 spiro atoms. The van der Waals surface area contributed by atoms with E-state index in [-0.39, 0.29) is 0 Å². The number of pyridine rings is 2. The van der Waals surface area contributed by atoms with Gasteiger partial charge in [0.15, 0.2) is 0 Å². The zero-order chi connectivity index (χ0) is 38.9. The number of hydrogen-bond donors (Lipinski definition) is 0. The Balaban J connectivity index is 1.08. The highest BCUT2D eigenvalue weighted by molar-refractivity contribution is 6.15. The van der Waals surface area contributed by atoms with Crippen molar-refractivity contribution in [1.29, 1.82) is 0 Å². The number of para-hydroxylation sites is 2. The van der Waals surface area contributed by atoms with E-state index in [2.05, 4.69) is 203 Å². The largest absolute Gasteiger partial charge is 0.457 e. The van der Waals surface area contributed by atoms with Crippen LogP contribution in [0, 0.1) is 0 Å². The van der Waals surface area contributed by atoms with Crippen LogP contribution in [0.1, 0.15) is 0 Å². The number of benzene rings is 8. The van der Waals surface area contributed by atoms with E-state index in [0.29, 0.717) is 0 Å². The average Bonchev–Trinajstić information content (AvgIpc) is 3.92. The first-order chi connectivity index (χ1) is 29.3. The molecule has 5 heteroatoms. The zero-order valence-electron chi connectivity index (χ0n) is 31.8. The van der Waals surface area contributed by atoms with Crippen molar-refractivity contribution in [2.24, 2.45) is 0 Å². The van der Waals surface area contributed by atoms with Crippen molar-refractivity contribution < 1.29 is 4.74 Å². The molecular weight excluding hydrogens is 721 g/mol. The van der Waals surface area contributed by atoms with Crippen molar-refractivity contribution in [3.8, 4) is 56.5 Å². The Bertz CT molecular complexity index is 3320. The van der Waals surface area contributed by atoms with Gasteiger partial charge in [0, 0.05) is 43.8 Å². The molecule has 8 aromatic carbocycles. The molecule has 0 aliphatic rings. The monoisotopic (exact) mass is 754 g/mol. The summed E-state index contributed by atoms with van der Waals surface area (Å²) in [6, 6.07) is 72.1. The van der Waals surface area contributed by atoms with E-state index >= 15 is 0 Å². The van der Waals surface area contributed by atoms with E-state index in [0.717, 1.165) is 111 Å². The molecule has 59 heavy (non-hydrogen) atoms. The lowest BCUT2D eigenvalue weighted by Crippen LogP contribution is -1.95. The summed E-state index contributed by atoms with van der Waals surface area (Å²) >= 11 is 0. The van der Waals surface area contributed by atoms with Gasteiger partial charge in [0.1, 0.15) is 22.8 Å². The van der Waals surface area contributed by atoms with Crippen LogP contribution in [0.5, 0.6) is 11.5 Å². The van der Waals surface area contributed by atoms with Crippen molar-refractivity contribution >= 4 is 54.6 Å². The molecule has 0 aliphatic carbocycles. The molecule has 276 valence electrons. The second-order valence-electron chi connectivity index (χ2n) is 15.0. The molecule has 4 aromatic heterocycles. The second-order valence-corrected chi connectivity index (χ2v) is 15.0. The first kappa shape index (κ1) is 33.2. The quantitative estimate of drug-likeness (QED) is 0.159. The number of imidazole rings is 2. The molecule has 0 bridgehead atoms. The lowest BCUT2D eigenvalue weighted by Gasteiger charge is -2.14. The molecule has 0 radical (unpaired) electrons. The van der Waals surface area contributed by atoms with Crippen LogP contribution in [0.3, 0.4) is 0 Å². The van der Waals surface area contributed by atoms with Gasteiger partial charge >= 0.3 is 0 Å². The molecule has 12 rings (SSSR count). The molecule has 0 N–H and O–H groups in total. The van der Waals surface area contributed by atoms with Crippen molar-refractivity contribution in [1.82, 2.24) is 18.8 Å². The van der Waals surface area contributed by atoms with Gasteiger partial charge in [-0.3, -0.25) is 8.80 Å². The van der Waals surface area contributed by atoms with Crippen LogP contribution < -0.4 is 4.74 Å². The van der Waals surface area contributed by atoms with Gasteiger partial charge in [-0.1, -0.05) is 158 Å². The molecule has 0 unspecified atom stereocenters. The first-order valence-corrected chi connectivity index (χ1v) is 19.9. The summed E-state index contributed by atoms with van der Waals surface area (Å²) in [5, 5.41) is 6.58. The molecule has 0 fully saturated rings. The third kappa shape index (κ3) is 5.25. The number of fused-ring (bicyclic) bond motifs is 12. The minimum absolute atomic E-state index is 0.731. The number of ether oxygens (including phenoxy) is 1. The van der Waals surface area contributed by atoms with Crippen molar-refractivity contribution in [2.45, 2.75) is 0 Å². The number of aromatic nitrogens is 4. The summed E-state index contributed by atoms with van der Waals surface area (Å²) in [6.07, 6.45) is 0. The van der Waals surface area contributed by atoms with Crippen LogP contribution in [0.15, 0.2) is 206 Å². The molecule has 5 nitrogen and oxygen atoms in total. The molecule has 0 amide bonds. The number of rotatable bonds is 6. The fourth-order valence-corrected chi connectivity index (χ4v) is 8.93. The van der Waals surface area contributed by atoms with Crippen LogP contribution in [0.2, 0.25) is 0 Å². The maximum absolute atomic E-state index is 6.86. The normalized spacial score (nSPS) is 11.7.